The van der Waals surface area contributed by atoms with Crippen LogP contribution in [-0.4, -0.2) is 47.5 Å². The molecule has 1 aromatic heterocycles. The summed E-state index contributed by atoms with van der Waals surface area (Å²) in [6.45, 7) is 2.99. The first-order chi connectivity index (χ1) is 16.4. The van der Waals surface area contributed by atoms with Crippen molar-refractivity contribution in [3.63, 3.8) is 0 Å². The number of sulfone groups is 1. The lowest BCUT2D eigenvalue weighted by molar-refractivity contribution is -0.137. The summed E-state index contributed by atoms with van der Waals surface area (Å²) in [4.78, 5) is 19.2. The van der Waals surface area contributed by atoms with Crippen LogP contribution in [0.1, 0.15) is 45.1 Å². The van der Waals surface area contributed by atoms with E-state index in [1.807, 2.05) is 0 Å². The molecule has 192 valence electrons. The number of nitrogens with zero attached hydrogens (tertiary/aromatic N) is 2. The van der Waals surface area contributed by atoms with Crippen LogP contribution >= 0.6 is 11.6 Å². The van der Waals surface area contributed by atoms with E-state index in [4.69, 9.17) is 11.6 Å². The number of aromatic nitrogens is 2. The molecule has 1 aliphatic rings. The van der Waals surface area contributed by atoms with E-state index in [0.29, 0.717) is 31.9 Å². The number of nitrogens with one attached hydrogen (secondary N) is 3. The molecule has 3 N–H and O–H groups in total. The Bertz CT molecular complexity index is 1150. The van der Waals surface area contributed by atoms with E-state index >= 15 is 0 Å². The number of amides is 1. The molecule has 13 heteroatoms. The van der Waals surface area contributed by atoms with Crippen molar-refractivity contribution in [3.05, 3.63) is 36.0 Å². The first-order valence-electron chi connectivity index (χ1n) is 11.1. The fourth-order valence-corrected chi connectivity index (χ4v) is 5.06. The highest BCUT2D eigenvalue weighted by Gasteiger charge is 2.36. The van der Waals surface area contributed by atoms with Gasteiger partial charge < -0.3 is 16.0 Å². The standard InChI is InChI=1S/C22H27ClF3N5O3S/c1-13(2)35(33,34)18-6-4-3-5-17(18)30-20-16(22(24,25)26)12-27-21(31-20)29-15-9-7-14(8-10-15)28-19(32)11-23/h3-6,12-15H,7-11H2,1-2H3,(H,28,32)(H2,27,29,30,31). The predicted molar refractivity (Wildman–Crippen MR) is 128 cm³/mol. The summed E-state index contributed by atoms with van der Waals surface area (Å²) in [7, 11) is -3.77. The van der Waals surface area contributed by atoms with Crippen molar-refractivity contribution in [1.82, 2.24) is 15.3 Å². The van der Waals surface area contributed by atoms with Crippen LogP contribution < -0.4 is 16.0 Å². The van der Waals surface area contributed by atoms with Gasteiger partial charge in [0, 0.05) is 18.3 Å². The molecule has 0 saturated heterocycles. The lowest BCUT2D eigenvalue weighted by Crippen LogP contribution is -2.40. The van der Waals surface area contributed by atoms with E-state index in [2.05, 4.69) is 25.9 Å². The van der Waals surface area contributed by atoms with E-state index in [1.54, 1.807) is 0 Å². The lowest BCUT2D eigenvalue weighted by atomic mass is 9.91. The Morgan fingerprint density at radius 1 is 1.14 bits per heavy atom. The first-order valence-corrected chi connectivity index (χ1v) is 13.2. The fourth-order valence-electron chi connectivity index (χ4n) is 3.78. The highest BCUT2D eigenvalue weighted by molar-refractivity contribution is 7.92. The first kappa shape index (κ1) is 27.0. The Balaban J connectivity index is 1.84. The van der Waals surface area contributed by atoms with Crippen molar-refractivity contribution in [2.24, 2.45) is 0 Å². The monoisotopic (exact) mass is 533 g/mol. The highest BCUT2D eigenvalue weighted by atomic mass is 35.5. The maximum Gasteiger partial charge on any atom is 0.421 e. The molecular weight excluding hydrogens is 507 g/mol. The van der Waals surface area contributed by atoms with E-state index in [9.17, 15) is 26.4 Å². The molecular formula is C22H27ClF3N5O3S. The molecule has 8 nitrogen and oxygen atoms in total. The molecule has 1 fully saturated rings. The van der Waals surface area contributed by atoms with Gasteiger partial charge in [0.2, 0.25) is 11.9 Å². The van der Waals surface area contributed by atoms with Crippen LogP contribution in [0, 0.1) is 0 Å². The number of halogens is 4. The average molecular weight is 534 g/mol. The summed E-state index contributed by atoms with van der Waals surface area (Å²) >= 11 is 5.51. The third-order valence-corrected chi connectivity index (χ3v) is 8.16. The fraction of sp³-hybridized carbons (Fsp3) is 0.500. The summed E-state index contributed by atoms with van der Waals surface area (Å²) in [5.41, 5.74) is -1.13. The van der Waals surface area contributed by atoms with Crippen LogP contribution in [0.15, 0.2) is 35.4 Å². The molecule has 0 unspecified atom stereocenters. The van der Waals surface area contributed by atoms with Crippen LogP contribution in [0.5, 0.6) is 0 Å². The van der Waals surface area contributed by atoms with Gasteiger partial charge in [-0.3, -0.25) is 4.79 Å². The highest BCUT2D eigenvalue weighted by Crippen LogP contribution is 2.37. The summed E-state index contributed by atoms with van der Waals surface area (Å²) in [5.74, 6) is -0.929. The number of rotatable bonds is 8. The molecule has 1 saturated carbocycles. The maximum absolute atomic E-state index is 13.7. The zero-order valence-corrected chi connectivity index (χ0v) is 20.8. The second-order valence-electron chi connectivity index (χ2n) is 8.56. The molecule has 1 aliphatic carbocycles. The predicted octanol–water partition coefficient (Wildman–Crippen LogP) is 4.50. The van der Waals surface area contributed by atoms with Crippen LogP contribution in [0.3, 0.4) is 0 Å². The Morgan fingerprint density at radius 3 is 2.37 bits per heavy atom. The van der Waals surface area contributed by atoms with Crippen LogP contribution in [0.4, 0.5) is 30.6 Å². The van der Waals surface area contributed by atoms with Crippen molar-refractivity contribution in [1.29, 1.82) is 0 Å². The van der Waals surface area contributed by atoms with Gasteiger partial charge in [-0.15, -0.1) is 11.6 Å². The zero-order valence-electron chi connectivity index (χ0n) is 19.2. The quantitative estimate of drug-likeness (QED) is 0.428. The van der Waals surface area contributed by atoms with Crippen molar-refractivity contribution in [2.45, 2.75) is 67.9 Å². The summed E-state index contributed by atoms with van der Waals surface area (Å²) in [6, 6.07) is 5.65. The second kappa shape index (κ2) is 11.0. The zero-order chi connectivity index (χ0) is 25.8. The number of alkyl halides is 4. The minimum Gasteiger partial charge on any atom is -0.352 e. The molecule has 0 aliphatic heterocycles. The van der Waals surface area contributed by atoms with Crippen LogP contribution in [-0.2, 0) is 20.8 Å². The molecule has 3 rings (SSSR count). The van der Waals surface area contributed by atoms with E-state index in [0.717, 1.165) is 0 Å². The molecule has 1 amide bonds. The third-order valence-electron chi connectivity index (χ3n) is 5.71. The summed E-state index contributed by atoms with van der Waals surface area (Å²) in [5, 5.41) is 7.68. The summed E-state index contributed by atoms with van der Waals surface area (Å²) in [6.07, 6.45) is -1.44. The van der Waals surface area contributed by atoms with Gasteiger partial charge in [-0.2, -0.15) is 18.2 Å². The Hall–Kier alpha value is -2.60. The van der Waals surface area contributed by atoms with Gasteiger partial charge in [0.25, 0.3) is 0 Å². The molecule has 0 radical (unpaired) electrons. The number of benzene rings is 1. The maximum atomic E-state index is 13.7. The number of carbonyl (C=O) groups excluding carboxylic acids is 1. The minimum atomic E-state index is -4.76. The van der Waals surface area contributed by atoms with Gasteiger partial charge in [-0.25, -0.2) is 13.4 Å². The van der Waals surface area contributed by atoms with Crippen molar-refractivity contribution in [2.75, 3.05) is 16.5 Å². The molecule has 1 heterocycles. The number of hydrogen-bond acceptors (Lipinski definition) is 7. The summed E-state index contributed by atoms with van der Waals surface area (Å²) < 4.78 is 66.5. The second-order valence-corrected chi connectivity index (χ2v) is 11.3. The number of hydrogen-bond donors (Lipinski definition) is 3. The number of carbonyl (C=O) groups is 1. The number of anilines is 3. The van der Waals surface area contributed by atoms with E-state index in [-0.39, 0.29) is 40.4 Å². The Kier molecular flexibility index (Phi) is 8.47. The van der Waals surface area contributed by atoms with Gasteiger partial charge >= 0.3 is 6.18 Å². The van der Waals surface area contributed by atoms with E-state index in [1.165, 1.54) is 38.1 Å². The largest absolute Gasteiger partial charge is 0.421 e. The topological polar surface area (TPSA) is 113 Å². The van der Waals surface area contributed by atoms with Crippen LogP contribution in [0.25, 0.3) is 0 Å². The van der Waals surface area contributed by atoms with Crippen molar-refractivity contribution in [3.8, 4) is 0 Å². The molecule has 0 atom stereocenters. The van der Waals surface area contributed by atoms with Gasteiger partial charge in [0.1, 0.15) is 17.3 Å². The normalized spacial score (nSPS) is 18.8. The lowest BCUT2D eigenvalue weighted by Gasteiger charge is -2.29. The molecule has 2 aromatic rings. The Labute approximate surface area is 207 Å². The molecule has 0 spiro atoms. The smallest absolute Gasteiger partial charge is 0.352 e. The molecule has 0 bridgehead atoms. The average Bonchev–Trinajstić information content (AvgIpc) is 2.80. The van der Waals surface area contributed by atoms with Gasteiger partial charge in [-0.1, -0.05) is 12.1 Å². The van der Waals surface area contributed by atoms with E-state index < -0.39 is 32.6 Å². The van der Waals surface area contributed by atoms with Crippen molar-refractivity contribution < 1.29 is 26.4 Å². The van der Waals surface area contributed by atoms with Gasteiger partial charge in [0.05, 0.1) is 15.8 Å². The number of para-hydroxylation sites is 1. The van der Waals surface area contributed by atoms with Crippen LogP contribution in [0.2, 0.25) is 0 Å². The molecule has 1 aromatic carbocycles. The minimum absolute atomic E-state index is 0.00751. The Morgan fingerprint density at radius 2 is 1.77 bits per heavy atom. The molecule has 35 heavy (non-hydrogen) atoms. The SMILES string of the molecule is CC(C)S(=O)(=O)c1ccccc1Nc1nc(NC2CCC(NC(=O)CCl)CC2)ncc1C(F)(F)F. The third kappa shape index (κ3) is 6.75. The van der Waals surface area contributed by atoms with Gasteiger partial charge in [-0.05, 0) is 51.7 Å². The van der Waals surface area contributed by atoms with Gasteiger partial charge in [0.15, 0.2) is 9.84 Å². The van der Waals surface area contributed by atoms with Crippen molar-refractivity contribution >= 4 is 44.8 Å².